The van der Waals surface area contributed by atoms with E-state index < -0.39 is 6.04 Å². The van der Waals surface area contributed by atoms with E-state index in [2.05, 4.69) is 34.2 Å². The number of hydrogen-bond acceptors (Lipinski definition) is 3. The van der Waals surface area contributed by atoms with Gasteiger partial charge in [0.2, 0.25) is 5.91 Å². The van der Waals surface area contributed by atoms with Gasteiger partial charge in [0.05, 0.1) is 18.2 Å². The number of amides is 1. The van der Waals surface area contributed by atoms with Crippen LogP contribution in [0.25, 0.3) is 0 Å². The molecule has 1 aromatic carbocycles. The van der Waals surface area contributed by atoms with Crippen LogP contribution < -0.4 is 10.2 Å². The first-order valence-electron chi connectivity index (χ1n) is 6.23. The minimum atomic E-state index is -0.423. The molecule has 0 bridgehead atoms. The molecule has 2 rings (SSSR count). The molecule has 0 radical (unpaired) electrons. The molecule has 2 unspecified atom stereocenters. The summed E-state index contributed by atoms with van der Waals surface area (Å²) in [6, 6.07) is 7.88. The first kappa shape index (κ1) is 13.9. The van der Waals surface area contributed by atoms with Crippen molar-refractivity contribution < 1.29 is 4.79 Å². The van der Waals surface area contributed by atoms with Crippen LogP contribution >= 0.6 is 15.9 Å². The van der Waals surface area contributed by atoms with E-state index in [9.17, 15) is 4.79 Å². The van der Waals surface area contributed by atoms with Crippen molar-refractivity contribution in [3.8, 4) is 6.07 Å². The number of hydrogen-bond donors (Lipinski definition) is 1. The zero-order valence-corrected chi connectivity index (χ0v) is 12.6. The van der Waals surface area contributed by atoms with Crippen LogP contribution in [-0.4, -0.2) is 24.5 Å². The van der Waals surface area contributed by atoms with Gasteiger partial charge in [-0.15, -0.1) is 0 Å². The number of piperazine rings is 1. The second-order valence-corrected chi connectivity index (χ2v) is 5.69. The number of halogens is 1. The highest BCUT2D eigenvalue weighted by Crippen LogP contribution is 2.32. The highest BCUT2D eigenvalue weighted by molar-refractivity contribution is 9.10. The monoisotopic (exact) mass is 321 g/mol. The Balaban J connectivity index is 2.42. The average Bonchev–Trinajstić information content (AvgIpc) is 2.36. The lowest BCUT2D eigenvalue weighted by molar-refractivity contribution is -0.123. The molecule has 1 N–H and O–H groups in total. The number of nitrogens with one attached hydrogen (secondary N) is 1. The van der Waals surface area contributed by atoms with Gasteiger partial charge in [0, 0.05) is 17.1 Å². The topological polar surface area (TPSA) is 56.1 Å². The van der Waals surface area contributed by atoms with Crippen LogP contribution in [0.4, 0.5) is 5.69 Å². The number of rotatable bonds is 2. The third-order valence-corrected chi connectivity index (χ3v) is 3.99. The summed E-state index contributed by atoms with van der Waals surface area (Å²) < 4.78 is 0.956. The lowest BCUT2D eigenvalue weighted by Gasteiger charge is -2.41. The van der Waals surface area contributed by atoms with Gasteiger partial charge in [0.25, 0.3) is 0 Å². The molecule has 1 aliphatic heterocycles. The molecular weight excluding hydrogens is 306 g/mol. The van der Waals surface area contributed by atoms with Crippen LogP contribution in [0.3, 0.4) is 0 Å². The van der Waals surface area contributed by atoms with E-state index in [-0.39, 0.29) is 18.4 Å². The molecule has 2 atom stereocenters. The maximum Gasteiger partial charge on any atom is 0.243 e. The number of aryl methyl sites for hydroxylation is 1. The summed E-state index contributed by atoms with van der Waals surface area (Å²) in [6.45, 7) is 4.67. The third kappa shape index (κ3) is 2.74. The van der Waals surface area contributed by atoms with Gasteiger partial charge in [-0.2, -0.15) is 5.26 Å². The van der Waals surface area contributed by atoms with Crippen molar-refractivity contribution in [3.63, 3.8) is 0 Å². The van der Waals surface area contributed by atoms with Crippen molar-refractivity contribution >= 4 is 27.5 Å². The van der Waals surface area contributed by atoms with Gasteiger partial charge in [-0.05, 0) is 47.5 Å². The van der Waals surface area contributed by atoms with Crippen molar-refractivity contribution in [3.05, 3.63) is 28.2 Å². The molecule has 1 aliphatic rings. The highest BCUT2D eigenvalue weighted by Gasteiger charge is 2.34. The van der Waals surface area contributed by atoms with Crippen LogP contribution in [0.5, 0.6) is 0 Å². The maximum atomic E-state index is 12.0. The van der Waals surface area contributed by atoms with E-state index in [1.807, 2.05) is 30.0 Å². The van der Waals surface area contributed by atoms with Gasteiger partial charge >= 0.3 is 0 Å². The molecule has 1 amide bonds. The zero-order valence-electron chi connectivity index (χ0n) is 11.0. The molecule has 0 aromatic heterocycles. The summed E-state index contributed by atoms with van der Waals surface area (Å²) in [5, 5.41) is 11.8. The van der Waals surface area contributed by atoms with Gasteiger partial charge in [-0.25, -0.2) is 0 Å². The van der Waals surface area contributed by atoms with Crippen LogP contribution in [0.15, 0.2) is 22.7 Å². The van der Waals surface area contributed by atoms with E-state index in [0.717, 1.165) is 15.7 Å². The Morgan fingerprint density at radius 3 is 2.95 bits per heavy atom. The van der Waals surface area contributed by atoms with Crippen molar-refractivity contribution in [2.75, 3.05) is 11.4 Å². The smallest absolute Gasteiger partial charge is 0.243 e. The standard InChI is InChI=1S/C14H16BrN3O/c1-9-3-4-12(11(15)7-9)18-10(2)8-17-14(19)13(18)5-6-16/h3-4,7,10,13H,5,8H2,1-2H3,(H,17,19). The molecule has 5 heteroatoms. The van der Waals surface area contributed by atoms with Gasteiger partial charge < -0.3 is 10.2 Å². The minimum Gasteiger partial charge on any atom is -0.353 e. The number of benzene rings is 1. The molecule has 0 aliphatic carbocycles. The molecule has 1 heterocycles. The van der Waals surface area contributed by atoms with Crippen LogP contribution in [-0.2, 0) is 4.79 Å². The summed E-state index contributed by atoms with van der Waals surface area (Å²) >= 11 is 3.55. The minimum absolute atomic E-state index is 0.0767. The van der Waals surface area contributed by atoms with Gasteiger partial charge in [-0.3, -0.25) is 4.79 Å². The van der Waals surface area contributed by atoms with Crippen LogP contribution in [0.2, 0.25) is 0 Å². The molecule has 0 spiro atoms. The average molecular weight is 322 g/mol. The van der Waals surface area contributed by atoms with Crippen LogP contribution in [0.1, 0.15) is 18.9 Å². The first-order chi connectivity index (χ1) is 9.04. The van der Waals surface area contributed by atoms with Crippen molar-refractivity contribution in [1.29, 1.82) is 5.26 Å². The largest absolute Gasteiger partial charge is 0.353 e. The van der Waals surface area contributed by atoms with Crippen LogP contribution in [0, 0.1) is 18.3 Å². The Labute approximate surface area is 121 Å². The van der Waals surface area contributed by atoms with Crippen molar-refractivity contribution in [2.24, 2.45) is 0 Å². The van der Waals surface area contributed by atoms with E-state index in [1.54, 1.807) is 0 Å². The number of carbonyl (C=O) groups excluding carboxylic acids is 1. The number of anilines is 1. The molecule has 19 heavy (non-hydrogen) atoms. The fourth-order valence-electron chi connectivity index (χ4n) is 2.40. The molecule has 4 nitrogen and oxygen atoms in total. The first-order valence-corrected chi connectivity index (χ1v) is 7.03. The van der Waals surface area contributed by atoms with Crippen molar-refractivity contribution in [2.45, 2.75) is 32.4 Å². The van der Waals surface area contributed by atoms with E-state index in [1.165, 1.54) is 0 Å². The molecule has 1 fully saturated rings. The SMILES string of the molecule is Cc1ccc(N2C(C)CNC(=O)C2CC#N)c(Br)c1. The van der Waals surface area contributed by atoms with E-state index in [4.69, 9.17) is 5.26 Å². The Morgan fingerprint density at radius 2 is 2.32 bits per heavy atom. The van der Waals surface area contributed by atoms with Gasteiger partial charge in [0.1, 0.15) is 6.04 Å². The normalized spacial score (nSPS) is 22.8. The lowest BCUT2D eigenvalue weighted by Crippen LogP contribution is -2.59. The molecule has 1 saturated heterocycles. The lowest BCUT2D eigenvalue weighted by atomic mass is 10.0. The second-order valence-electron chi connectivity index (χ2n) is 4.83. The number of nitriles is 1. The molecule has 0 saturated carbocycles. The van der Waals surface area contributed by atoms with Gasteiger partial charge in [-0.1, -0.05) is 6.07 Å². The summed E-state index contributed by atoms with van der Waals surface area (Å²) in [7, 11) is 0. The Kier molecular flexibility index (Phi) is 4.11. The Bertz CT molecular complexity index is 538. The third-order valence-electron chi connectivity index (χ3n) is 3.35. The fourth-order valence-corrected chi connectivity index (χ4v) is 3.10. The Morgan fingerprint density at radius 1 is 1.58 bits per heavy atom. The number of carbonyl (C=O) groups is 1. The summed E-state index contributed by atoms with van der Waals surface area (Å²) in [5.41, 5.74) is 2.12. The van der Waals surface area contributed by atoms with Gasteiger partial charge in [0.15, 0.2) is 0 Å². The summed E-state index contributed by atoms with van der Waals surface area (Å²) in [5.74, 6) is -0.0767. The predicted molar refractivity (Wildman–Crippen MR) is 77.8 cm³/mol. The highest BCUT2D eigenvalue weighted by atomic mass is 79.9. The maximum absolute atomic E-state index is 12.0. The van der Waals surface area contributed by atoms with E-state index >= 15 is 0 Å². The number of nitrogens with zero attached hydrogens (tertiary/aromatic N) is 2. The summed E-state index contributed by atoms with van der Waals surface area (Å²) in [4.78, 5) is 14.0. The molecule has 1 aromatic rings. The second kappa shape index (κ2) is 5.62. The fraction of sp³-hybridized carbons (Fsp3) is 0.429. The zero-order chi connectivity index (χ0) is 14.0. The molecule has 100 valence electrons. The Hall–Kier alpha value is -1.54. The quantitative estimate of drug-likeness (QED) is 0.909. The predicted octanol–water partition coefficient (Wildman–Crippen LogP) is 2.36. The molecular formula is C14H16BrN3O. The van der Waals surface area contributed by atoms with Crippen molar-refractivity contribution in [1.82, 2.24) is 5.32 Å². The summed E-state index contributed by atoms with van der Waals surface area (Å²) in [6.07, 6.45) is 0.191. The van der Waals surface area contributed by atoms with E-state index in [0.29, 0.717) is 6.54 Å².